The lowest BCUT2D eigenvalue weighted by molar-refractivity contribution is -0.0450. The Bertz CT molecular complexity index is 1290. The van der Waals surface area contributed by atoms with Crippen molar-refractivity contribution in [1.29, 1.82) is 0 Å². The number of nitrogens with zero attached hydrogens (tertiary/aromatic N) is 2. The Hall–Kier alpha value is -1.12. The summed E-state index contributed by atoms with van der Waals surface area (Å²) in [5.41, 5.74) is -0.364. The SMILES string of the molecule is Cc1nc(=O)n(C2CC(O)C(COP(=O)(O)OP(=O)(O)OP(=O)(O)O)O2)cc1C#CCCOP(=O)(O)O. The van der Waals surface area contributed by atoms with Crippen molar-refractivity contribution in [3.05, 3.63) is 27.9 Å². The second-order valence-electron chi connectivity index (χ2n) is 7.12. The normalized spacial score (nSPS) is 23.6. The van der Waals surface area contributed by atoms with Crippen LogP contribution in [0.3, 0.4) is 0 Å². The third-order valence-corrected chi connectivity index (χ3v) is 8.51. The summed E-state index contributed by atoms with van der Waals surface area (Å²) < 4.78 is 66.8. The molecule has 37 heavy (non-hydrogen) atoms. The number of phosphoric acid groups is 4. The highest BCUT2D eigenvalue weighted by atomic mass is 31.3. The van der Waals surface area contributed by atoms with Crippen molar-refractivity contribution in [2.75, 3.05) is 13.2 Å². The Balaban J connectivity index is 2.06. The molecule has 0 saturated carbocycles. The van der Waals surface area contributed by atoms with E-state index in [1.165, 1.54) is 13.1 Å². The zero-order valence-electron chi connectivity index (χ0n) is 18.5. The highest BCUT2D eigenvalue weighted by Crippen LogP contribution is 2.66. The van der Waals surface area contributed by atoms with Gasteiger partial charge in [0.25, 0.3) is 0 Å². The van der Waals surface area contributed by atoms with Crippen LogP contribution in [0.5, 0.6) is 0 Å². The number of phosphoric ester groups is 2. The maximum atomic E-state index is 12.3. The van der Waals surface area contributed by atoms with Crippen molar-refractivity contribution in [3.63, 3.8) is 0 Å². The lowest BCUT2D eigenvalue weighted by Gasteiger charge is -2.19. The summed E-state index contributed by atoms with van der Waals surface area (Å²) in [7, 11) is -21.4. The molecule has 1 aliphatic rings. The molecule has 1 aromatic heterocycles. The lowest BCUT2D eigenvalue weighted by Crippen LogP contribution is -2.29. The third-order valence-electron chi connectivity index (χ3n) is 4.18. The van der Waals surface area contributed by atoms with Crippen molar-refractivity contribution in [2.45, 2.75) is 38.2 Å². The number of aromatic nitrogens is 2. The summed E-state index contributed by atoms with van der Waals surface area (Å²) in [5, 5.41) is 10.2. The molecule has 23 heteroatoms. The fourth-order valence-electron chi connectivity index (χ4n) is 2.76. The van der Waals surface area contributed by atoms with Crippen LogP contribution in [0.4, 0.5) is 0 Å². The first-order valence-corrected chi connectivity index (χ1v) is 15.7. The zero-order valence-corrected chi connectivity index (χ0v) is 22.1. The molecule has 7 N–H and O–H groups in total. The van der Waals surface area contributed by atoms with Crippen LogP contribution in [0, 0.1) is 18.8 Å². The molecule has 1 fully saturated rings. The summed E-state index contributed by atoms with van der Waals surface area (Å²) >= 11 is 0. The van der Waals surface area contributed by atoms with Gasteiger partial charge in [-0.1, -0.05) is 11.8 Å². The highest BCUT2D eigenvalue weighted by Gasteiger charge is 2.43. The van der Waals surface area contributed by atoms with Crippen LogP contribution in [0.15, 0.2) is 11.0 Å². The van der Waals surface area contributed by atoms with E-state index >= 15 is 0 Å². The van der Waals surface area contributed by atoms with Gasteiger partial charge in [0.05, 0.1) is 30.6 Å². The van der Waals surface area contributed by atoms with Crippen molar-refractivity contribution < 1.29 is 75.1 Å². The van der Waals surface area contributed by atoms with Gasteiger partial charge in [0.15, 0.2) is 0 Å². The molecule has 1 aromatic rings. The molecular weight excluding hydrogens is 592 g/mol. The van der Waals surface area contributed by atoms with E-state index in [0.29, 0.717) is 0 Å². The number of rotatable bonds is 11. The Morgan fingerprint density at radius 1 is 1.05 bits per heavy atom. The highest BCUT2D eigenvalue weighted by molar-refractivity contribution is 7.66. The van der Waals surface area contributed by atoms with Crippen LogP contribution in [-0.4, -0.2) is 69.4 Å². The molecule has 0 aliphatic carbocycles. The number of ether oxygens (including phenoxy) is 1. The number of aryl methyl sites for hydroxylation is 1. The summed E-state index contributed by atoms with van der Waals surface area (Å²) in [5.74, 6) is 5.22. The number of hydrogen-bond donors (Lipinski definition) is 7. The lowest BCUT2D eigenvalue weighted by atomic mass is 10.2. The van der Waals surface area contributed by atoms with Gasteiger partial charge in [-0.2, -0.15) is 13.6 Å². The number of aliphatic hydroxyl groups excluding tert-OH is 1. The molecule has 5 unspecified atom stereocenters. The number of aliphatic hydroxyl groups is 1. The van der Waals surface area contributed by atoms with E-state index in [-0.39, 0.29) is 30.7 Å². The van der Waals surface area contributed by atoms with Crippen molar-refractivity contribution in [2.24, 2.45) is 0 Å². The summed E-state index contributed by atoms with van der Waals surface area (Å²) in [6.07, 6.45) is -2.98. The van der Waals surface area contributed by atoms with Crippen molar-refractivity contribution in [3.8, 4) is 11.8 Å². The Kier molecular flexibility index (Phi) is 10.7. The average Bonchev–Trinajstić information content (AvgIpc) is 3.04. The second-order valence-corrected chi connectivity index (χ2v) is 12.8. The van der Waals surface area contributed by atoms with Crippen LogP contribution in [0.25, 0.3) is 0 Å². The largest absolute Gasteiger partial charge is 0.490 e. The molecule has 19 nitrogen and oxygen atoms in total. The molecule has 0 spiro atoms. The topological polar surface area (TPSA) is 291 Å². The first kappa shape index (κ1) is 32.1. The maximum absolute atomic E-state index is 12.3. The van der Waals surface area contributed by atoms with Gasteiger partial charge in [0.2, 0.25) is 0 Å². The van der Waals surface area contributed by atoms with E-state index in [9.17, 15) is 33.1 Å². The minimum Gasteiger partial charge on any atom is -0.390 e. The third kappa shape index (κ3) is 11.3. The molecule has 2 rings (SSSR count). The van der Waals surface area contributed by atoms with E-state index in [1.54, 1.807) is 0 Å². The summed E-state index contributed by atoms with van der Waals surface area (Å²) in [4.78, 5) is 69.1. The molecule has 0 amide bonds. The predicted molar refractivity (Wildman–Crippen MR) is 117 cm³/mol. The predicted octanol–water partition coefficient (Wildman–Crippen LogP) is -0.606. The van der Waals surface area contributed by atoms with E-state index in [1.807, 2.05) is 0 Å². The van der Waals surface area contributed by atoms with Crippen LogP contribution < -0.4 is 5.69 Å². The maximum Gasteiger partial charge on any atom is 0.490 e. The molecule has 1 aliphatic heterocycles. The summed E-state index contributed by atoms with van der Waals surface area (Å²) in [6.45, 7) is 0.179. The minimum absolute atomic E-state index is 0.0645. The second kappa shape index (κ2) is 12.4. The van der Waals surface area contributed by atoms with Gasteiger partial charge < -0.3 is 39.2 Å². The number of hydrogen-bond acceptors (Lipinski definition) is 12. The van der Waals surface area contributed by atoms with Gasteiger partial charge in [-0.15, -0.1) is 0 Å². The van der Waals surface area contributed by atoms with Crippen LogP contribution in [0.2, 0.25) is 0 Å². The van der Waals surface area contributed by atoms with Gasteiger partial charge in [-0.05, 0) is 6.92 Å². The molecule has 210 valence electrons. The summed E-state index contributed by atoms with van der Waals surface area (Å²) in [6, 6.07) is 0. The monoisotopic (exact) mass is 614 g/mol. The molecule has 0 radical (unpaired) electrons. The van der Waals surface area contributed by atoms with Gasteiger partial charge in [0, 0.05) is 19.0 Å². The zero-order chi connectivity index (χ0) is 28.2. The van der Waals surface area contributed by atoms with Crippen LogP contribution >= 0.6 is 31.3 Å². The smallest absolute Gasteiger partial charge is 0.390 e. The Morgan fingerprint density at radius 3 is 2.30 bits per heavy atom. The van der Waals surface area contributed by atoms with E-state index in [4.69, 9.17) is 29.2 Å². The van der Waals surface area contributed by atoms with Crippen molar-refractivity contribution >= 4 is 31.3 Å². The quantitative estimate of drug-likeness (QED) is 0.0929. The van der Waals surface area contributed by atoms with Crippen molar-refractivity contribution in [1.82, 2.24) is 9.55 Å². The molecule has 0 aromatic carbocycles. The molecule has 1 saturated heterocycles. The van der Waals surface area contributed by atoms with E-state index in [0.717, 1.165) is 4.57 Å². The van der Waals surface area contributed by atoms with Gasteiger partial charge in [0.1, 0.15) is 12.3 Å². The fourth-order valence-corrected chi connectivity index (χ4v) is 6.12. The van der Waals surface area contributed by atoms with Gasteiger partial charge in [-0.3, -0.25) is 13.6 Å². The van der Waals surface area contributed by atoms with E-state index in [2.05, 4.69) is 34.5 Å². The Labute approximate surface area is 207 Å². The molecular formula is C14H22N2O17P4. The first-order chi connectivity index (χ1) is 16.8. The fraction of sp³-hybridized carbons (Fsp3) is 0.571. The first-order valence-electron chi connectivity index (χ1n) is 9.67. The van der Waals surface area contributed by atoms with Gasteiger partial charge >= 0.3 is 37.0 Å². The molecule has 0 bridgehead atoms. The van der Waals surface area contributed by atoms with Gasteiger partial charge in [-0.25, -0.2) is 23.1 Å². The van der Waals surface area contributed by atoms with Crippen LogP contribution in [0.1, 0.15) is 30.3 Å². The molecule has 2 heterocycles. The van der Waals surface area contributed by atoms with E-state index < -0.39 is 62.0 Å². The average molecular weight is 614 g/mol. The van der Waals surface area contributed by atoms with Crippen LogP contribution in [-0.2, 0) is 40.7 Å². The standard InChI is InChI=1S/C14H22N2O17P4/c1-9-10(4-2-3-5-29-34(19,20)21)7-16(14(18)15-9)13-6-11(17)12(31-13)8-30-36(25,26)33-37(27,28)32-35(22,23)24/h7,11-13,17H,3,5-6,8H2,1H3,(H,25,26)(H,27,28)(H2,19,20,21)(H2,22,23,24). The Morgan fingerprint density at radius 2 is 1.70 bits per heavy atom. The molecule has 5 atom stereocenters. The minimum atomic E-state index is -5.73.